The summed E-state index contributed by atoms with van der Waals surface area (Å²) in [6, 6.07) is 4.23. The molecule has 2 aromatic heterocycles. The Labute approximate surface area is 226 Å². The van der Waals surface area contributed by atoms with E-state index < -0.39 is 17.3 Å². The van der Waals surface area contributed by atoms with Crippen LogP contribution < -0.4 is 5.56 Å². The molecule has 2 saturated heterocycles. The Morgan fingerprint density at radius 3 is 2.77 bits per heavy atom. The summed E-state index contributed by atoms with van der Waals surface area (Å²) in [6.07, 6.45) is 4.03. The standard InChI is InChI=1S/C29H35F3N4O3/c30-29(31,32)23-11-25-16-34(6-7-36(25)28(38)12-23)17-26(37)10-22-15-35(24-4-8-39-18-24)14-21(22)9-20-2-1-19-3-5-33-13-27(19)20/h3,5,11-13,20-22,24H,1-2,4,6-10,14-18H2/t20?,21-,22?,24?/m0/s1. The molecule has 4 atom stereocenters. The number of halogens is 3. The molecule has 0 spiro atoms. The molecule has 5 heterocycles. The number of hydrogen-bond acceptors (Lipinski definition) is 6. The Morgan fingerprint density at radius 2 is 1.97 bits per heavy atom. The molecule has 0 aromatic carbocycles. The first-order valence-electron chi connectivity index (χ1n) is 14.0. The normalized spacial score (nSPS) is 27.6. The molecule has 2 fully saturated rings. The van der Waals surface area contributed by atoms with E-state index in [1.165, 1.54) is 15.7 Å². The summed E-state index contributed by atoms with van der Waals surface area (Å²) in [7, 11) is 0. The van der Waals surface area contributed by atoms with Gasteiger partial charge in [0, 0.05) is 75.9 Å². The van der Waals surface area contributed by atoms with Crippen LogP contribution in [0.2, 0.25) is 0 Å². The van der Waals surface area contributed by atoms with E-state index in [4.69, 9.17) is 4.74 Å². The number of ether oxygens (including phenoxy) is 1. The molecule has 1 aliphatic carbocycles. The van der Waals surface area contributed by atoms with E-state index in [0.29, 0.717) is 42.6 Å². The first-order chi connectivity index (χ1) is 18.7. The number of Topliss-reactive ketones (excluding diaryl/α,β-unsaturated/α-hetero) is 1. The molecular formula is C29H35F3N4O3. The minimum Gasteiger partial charge on any atom is -0.380 e. The first-order valence-corrected chi connectivity index (χ1v) is 14.0. The molecule has 0 bridgehead atoms. The third-order valence-electron chi connectivity index (χ3n) is 9.22. The number of hydrogen-bond donors (Lipinski definition) is 0. The Kier molecular flexibility index (Phi) is 7.37. The molecule has 0 radical (unpaired) electrons. The van der Waals surface area contributed by atoms with Crippen molar-refractivity contribution < 1.29 is 22.7 Å². The maximum absolute atomic E-state index is 13.3. The molecule has 39 heavy (non-hydrogen) atoms. The van der Waals surface area contributed by atoms with Crippen molar-refractivity contribution in [1.29, 1.82) is 0 Å². The predicted octanol–water partition coefficient (Wildman–Crippen LogP) is 3.49. The predicted molar refractivity (Wildman–Crippen MR) is 138 cm³/mol. The minimum atomic E-state index is -4.57. The molecule has 4 aliphatic rings. The van der Waals surface area contributed by atoms with Gasteiger partial charge in [0.1, 0.15) is 5.78 Å². The van der Waals surface area contributed by atoms with Crippen molar-refractivity contribution >= 4 is 5.78 Å². The van der Waals surface area contributed by atoms with Crippen LogP contribution in [0.4, 0.5) is 13.2 Å². The number of fused-ring (bicyclic) bond motifs is 2. The maximum atomic E-state index is 13.3. The highest BCUT2D eigenvalue weighted by Gasteiger charge is 2.40. The lowest BCUT2D eigenvalue weighted by molar-refractivity contribution is -0.138. The second-order valence-corrected chi connectivity index (χ2v) is 11.7. The molecule has 210 valence electrons. The van der Waals surface area contributed by atoms with Gasteiger partial charge in [0.25, 0.3) is 5.56 Å². The number of carbonyl (C=O) groups is 1. The van der Waals surface area contributed by atoms with E-state index in [1.54, 1.807) is 0 Å². The summed E-state index contributed by atoms with van der Waals surface area (Å²) in [6.45, 7) is 4.49. The van der Waals surface area contributed by atoms with Crippen molar-refractivity contribution in [3.05, 3.63) is 63.3 Å². The molecule has 3 unspecified atom stereocenters. The number of likely N-dealkylation sites (tertiary alicyclic amines) is 1. The highest BCUT2D eigenvalue weighted by atomic mass is 19.4. The average Bonchev–Trinajstić information content (AvgIpc) is 3.65. The number of aromatic nitrogens is 2. The SMILES string of the molecule is O=C(CC1CN(C2CCOC2)C[C@@H]1CC1CCc2ccncc21)CN1CCn2c(cc(C(F)(F)F)cc2=O)C1. The zero-order valence-corrected chi connectivity index (χ0v) is 22.0. The quantitative estimate of drug-likeness (QED) is 0.532. The van der Waals surface area contributed by atoms with Crippen molar-refractivity contribution in [2.45, 2.75) is 63.3 Å². The van der Waals surface area contributed by atoms with Gasteiger partial charge < -0.3 is 9.30 Å². The van der Waals surface area contributed by atoms with E-state index >= 15 is 0 Å². The number of rotatable bonds is 7. The van der Waals surface area contributed by atoms with E-state index in [9.17, 15) is 22.8 Å². The van der Waals surface area contributed by atoms with E-state index in [1.807, 2.05) is 17.3 Å². The monoisotopic (exact) mass is 544 g/mol. The zero-order valence-electron chi connectivity index (χ0n) is 22.0. The van der Waals surface area contributed by atoms with Crippen molar-refractivity contribution in [1.82, 2.24) is 19.4 Å². The summed E-state index contributed by atoms with van der Waals surface area (Å²) in [5.74, 6) is 1.23. The van der Waals surface area contributed by atoms with Gasteiger partial charge in [0.15, 0.2) is 0 Å². The molecular weight excluding hydrogens is 509 g/mol. The van der Waals surface area contributed by atoms with Gasteiger partial charge >= 0.3 is 6.18 Å². The Bertz CT molecular complexity index is 1270. The summed E-state index contributed by atoms with van der Waals surface area (Å²) in [5.41, 5.74) is 1.48. The summed E-state index contributed by atoms with van der Waals surface area (Å²) < 4.78 is 46.8. The lowest BCUT2D eigenvalue weighted by Crippen LogP contribution is -2.42. The molecule has 3 aliphatic heterocycles. The van der Waals surface area contributed by atoms with Gasteiger partial charge in [-0.1, -0.05) is 0 Å². The third kappa shape index (κ3) is 5.69. The topological polar surface area (TPSA) is 67.7 Å². The Morgan fingerprint density at radius 1 is 1.13 bits per heavy atom. The summed E-state index contributed by atoms with van der Waals surface area (Å²) >= 11 is 0. The smallest absolute Gasteiger partial charge is 0.380 e. The number of aryl methyl sites for hydroxylation is 1. The Balaban J connectivity index is 1.12. The summed E-state index contributed by atoms with van der Waals surface area (Å²) in [4.78, 5) is 34.3. The molecule has 2 aromatic rings. The van der Waals surface area contributed by atoms with Gasteiger partial charge in [-0.2, -0.15) is 13.2 Å². The second kappa shape index (κ2) is 10.8. The fourth-order valence-electron chi connectivity index (χ4n) is 7.20. The largest absolute Gasteiger partial charge is 0.416 e. The van der Waals surface area contributed by atoms with Crippen LogP contribution >= 0.6 is 0 Å². The number of carbonyl (C=O) groups excluding carboxylic acids is 1. The van der Waals surface area contributed by atoms with Gasteiger partial charge in [0.05, 0.1) is 18.7 Å². The van der Waals surface area contributed by atoms with Crippen LogP contribution in [0.25, 0.3) is 0 Å². The average molecular weight is 545 g/mol. The highest BCUT2D eigenvalue weighted by Crippen LogP contribution is 2.42. The number of alkyl halides is 3. The van der Waals surface area contributed by atoms with Crippen molar-refractivity contribution in [3.8, 4) is 0 Å². The highest BCUT2D eigenvalue weighted by molar-refractivity contribution is 5.80. The van der Waals surface area contributed by atoms with Gasteiger partial charge in [-0.3, -0.25) is 24.4 Å². The van der Waals surface area contributed by atoms with Crippen LogP contribution in [-0.2, 0) is 35.2 Å². The lowest BCUT2D eigenvalue weighted by Gasteiger charge is -2.30. The fourth-order valence-corrected chi connectivity index (χ4v) is 7.20. The summed E-state index contributed by atoms with van der Waals surface area (Å²) in [5, 5.41) is 0. The third-order valence-corrected chi connectivity index (χ3v) is 9.22. The van der Waals surface area contributed by atoms with Crippen LogP contribution in [-0.4, -0.2) is 70.6 Å². The van der Waals surface area contributed by atoms with Gasteiger partial charge in [-0.15, -0.1) is 0 Å². The molecule has 6 rings (SSSR count). The van der Waals surface area contributed by atoms with E-state index in [-0.39, 0.29) is 31.3 Å². The van der Waals surface area contributed by atoms with E-state index in [0.717, 1.165) is 58.1 Å². The van der Waals surface area contributed by atoms with Crippen LogP contribution in [0.1, 0.15) is 54.0 Å². The molecule has 7 nitrogen and oxygen atoms in total. The van der Waals surface area contributed by atoms with Gasteiger partial charge in [0.2, 0.25) is 0 Å². The van der Waals surface area contributed by atoms with Crippen molar-refractivity contribution in [3.63, 3.8) is 0 Å². The maximum Gasteiger partial charge on any atom is 0.416 e. The first kappa shape index (κ1) is 26.7. The van der Waals surface area contributed by atoms with Crippen LogP contribution in [0.3, 0.4) is 0 Å². The van der Waals surface area contributed by atoms with Gasteiger partial charge in [-0.25, -0.2) is 0 Å². The number of nitrogens with zero attached hydrogens (tertiary/aromatic N) is 4. The molecule has 0 saturated carbocycles. The lowest BCUT2D eigenvalue weighted by atomic mass is 9.82. The molecule has 0 amide bonds. The van der Waals surface area contributed by atoms with Crippen molar-refractivity contribution in [2.24, 2.45) is 11.8 Å². The molecule has 0 N–H and O–H groups in total. The zero-order chi connectivity index (χ0) is 27.1. The van der Waals surface area contributed by atoms with Crippen molar-refractivity contribution in [2.75, 3.05) is 39.4 Å². The minimum absolute atomic E-state index is 0.116. The van der Waals surface area contributed by atoms with Crippen LogP contribution in [0.5, 0.6) is 0 Å². The van der Waals surface area contributed by atoms with Crippen LogP contribution in [0.15, 0.2) is 35.4 Å². The second-order valence-electron chi connectivity index (χ2n) is 11.7. The van der Waals surface area contributed by atoms with Crippen LogP contribution in [0, 0.1) is 11.8 Å². The van der Waals surface area contributed by atoms with E-state index in [2.05, 4.69) is 16.0 Å². The number of ketones is 1. The number of pyridine rings is 2. The fraction of sp³-hybridized carbons (Fsp3) is 0.621. The molecule has 10 heteroatoms. The van der Waals surface area contributed by atoms with Gasteiger partial charge in [-0.05, 0) is 66.7 Å². The Hall–Kier alpha value is -2.56.